The van der Waals surface area contributed by atoms with Gasteiger partial charge in [-0.15, -0.1) is 0 Å². The van der Waals surface area contributed by atoms with Gasteiger partial charge in [0.25, 0.3) is 0 Å². The van der Waals surface area contributed by atoms with Crippen molar-refractivity contribution in [2.75, 3.05) is 14.2 Å². The number of nitrogens with zero attached hydrogens (tertiary/aromatic N) is 5. The molecule has 0 spiro atoms. The van der Waals surface area contributed by atoms with E-state index in [-0.39, 0.29) is 5.82 Å². The fourth-order valence-corrected chi connectivity index (χ4v) is 5.93. The number of halogens is 5. The number of hydrogen-bond donors (Lipinski definition) is 2. The average molecular weight is 687 g/mol. The zero-order valence-electron chi connectivity index (χ0n) is 22.6. The molecule has 0 saturated heterocycles. The van der Waals surface area contributed by atoms with Gasteiger partial charge in [0.2, 0.25) is 0 Å². The summed E-state index contributed by atoms with van der Waals surface area (Å²) < 4.78 is 11.3. The Labute approximate surface area is 275 Å². The first-order chi connectivity index (χ1) is 21.1. The molecule has 4 aromatic rings. The lowest BCUT2D eigenvalue weighted by Crippen LogP contribution is -2.00. The number of benzene rings is 2. The Balaban J connectivity index is 0.000000175. The topological polar surface area (TPSA) is 133 Å². The molecule has 0 bridgehead atoms. The molecule has 0 saturated carbocycles. The molecule has 0 aliphatic carbocycles. The van der Waals surface area contributed by atoms with E-state index >= 15 is 0 Å². The van der Waals surface area contributed by atoms with Gasteiger partial charge in [0.15, 0.2) is 5.82 Å². The van der Waals surface area contributed by atoms with Crippen molar-refractivity contribution in [2.45, 2.75) is 0 Å². The average Bonchev–Trinajstić information content (AvgIpc) is 3.63. The lowest BCUT2D eigenvalue weighted by Gasteiger charge is -2.14. The van der Waals surface area contributed by atoms with Gasteiger partial charge in [-0.1, -0.05) is 58.0 Å². The number of nitriles is 2. The summed E-state index contributed by atoms with van der Waals surface area (Å²) in [5.74, 6) is 1.23. The highest BCUT2D eigenvalue weighted by Crippen LogP contribution is 2.43. The minimum absolute atomic E-state index is 0.277. The first-order valence-corrected chi connectivity index (χ1v) is 14.2. The van der Waals surface area contributed by atoms with E-state index < -0.39 is 0 Å². The Bertz CT molecular complexity index is 2110. The second-order valence-corrected chi connectivity index (χ2v) is 11.0. The molecule has 0 atom stereocenters. The highest BCUT2D eigenvalue weighted by Gasteiger charge is 2.22. The van der Waals surface area contributed by atoms with Gasteiger partial charge in [0.05, 0.1) is 45.4 Å². The van der Waals surface area contributed by atoms with Crippen LogP contribution in [0.25, 0.3) is 44.7 Å². The number of H-pyrrole nitrogens is 1. The van der Waals surface area contributed by atoms with Gasteiger partial charge in [-0.3, -0.25) is 0 Å². The molecular formula is C30H17Cl5N6O3. The van der Waals surface area contributed by atoms with E-state index in [0.717, 1.165) is 4.73 Å². The number of ether oxygens (including phenoxy) is 2. The monoisotopic (exact) mass is 684 g/mol. The Morgan fingerprint density at radius 3 is 1.95 bits per heavy atom. The molecule has 2 N–H and O–H groups in total. The summed E-state index contributed by atoms with van der Waals surface area (Å²) in [6.07, 6.45) is 4.42. The third kappa shape index (κ3) is 5.65. The van der Waals surface area contributed by atoms with Crippen LogP contribution < -0.4 is 9.47 Å². The third-order valence-electron chi connectivity index (χ3n) is 6.59. The first-order valence-electron chi connectivity index (χ1n) is 12.4. The van der Waals surface area contributed by atoms with Crippen molar-refractivity contribution in [3.8, 4) is 57.3 Å². The Kier molecular flexibility index (Phi) is 8.98. The molecule has 2 aromatic carbocycles. The lowest BCUT2D eigenvalue weighted by molar-refractivity contribution is 0.187. The zero-order chi connectivity index (χ0) is 31.7. The minimum Gasteiger partial charge on any atom is -0.495 e. The summed E-state index contributed by atoms with van der Waals surface area (Å²) in [5, 5.41) is 30.9. The van der Waals surface area contributed by atoms with Crippen LogP contribution in [-0.2, 0) is 0 Å². The summed E-state index contributed by atoms with van der Waals surface area (Å²) >= 11 is 30.8. The third-order valence-corrected chi connectivity index (χ3v) is 8.00. The molecule has 0 amide bonds. The molecule has 4 heterocycles. The van der Waals surface area contributed by atoms with E-state index in [9.17, 15) is 15.7 Å². The SMILES string of the molecule is COc1cc(-c2cc(Cl)nc3[nH]cc(C#N)c23)c(Cl)cc1Cl.COc1cc(-c2ccn(O)c3ncc(C#N)c2-3)c(Cl)cc1Cl. The Hall–Kier alpha value is -4.35. The molecular weight excluding hydrogens is 670 g/mol. The molecule has 14 heteroatoms. The van der Waals surface area contributed by atoms with Gasteiger partial charge in [-0.25, -0.2) is 9.97 Å². The molecule has 0 radical (unpaired) electrons. The number of nitrogens with one attached hydrogen (secondary N) is 1. The van der Waals surface area contributed by atoms with Crippen LogP contribution in [0, 0.1) is 22.7 Å². The van der Waals surface area contributed by atoms with Gasteiger partial charge in [-0.2, -0.15) is 15.3 Å². The largest absolute Gasteiger partial charge is 0.495 e. The number of aromatic amines is 1. The quantitative estimate of drug-likeness (QED) is 0.140. The van der Waals surface area contributed by atoms with E-state index in [1.54, 1.807) is 42.6 Å². The molecule has 2 aliphatic heterocycles. The number of rotatable bonds is 4. The number of aromatic nitrogens is 4. The molecule has 9 nitrogen and oxygen atoms in total. The predicted octanol–water partition coefficient (Wildman–Crippen LogP) is 9.15. The lowest BCUT2D eigenvalue weighted by atomic mass is 9.98. The molecule has 0 unspecified atom stereocenters. The second-order valence-electron chi connectivity index (χ2n) is 9.02. The maximum atomic E-state index is 9.83. The van der Waals surface area contributed by atoms with Crippen LogP contribution in [0.2, 0.25) is 25.2 Å². The van der Waals surface area contributed by atoms with Crippen molar-refractivity contribution < 1.29 is 14.7 Å². The summed E-state index contributed by atoms with van der Waals surface area (Å²) in [6.45, 7) is 0. The van der Waals surface area contributed by atoms with Crippen molar-refractivity contribution in [2.24, 2.45) is 0 Å². The van der Waals surface area contributed by atoms with Crippen molar-refractivity contribution in [3.05, 3.63) is 91.4 Å². The van der Waals surface area contributed by atoms with Gasteiger partial charge in [-0.05, 0) is 47.5 Å². The van der Waals surface area contributed by atoms with Crippen molar-refractivity contribution in [1.82, 2.24) is 19.7 Å². The van der Waals surface area contributed by atoms with Crippen LogP contribution >= 0.6 is 58.0 Å². The molecule has 2 aliphatic rings. The normalized spacial score (nSPS) is 10.7. The molecule has 2 aromatic heterocycles. The smallest absolute Gasteiger partial charge is 0.177 e. The zero-order valence-corrected chi connectivity index (χ0v) is 26.4. The van der Waals surface area contributed by atoms with Crippen LogP contribution in [0.15, 0.2) is 55.0 Å². The minimum atomic E-state index is 0.277. The van der Waals surface area contributed by atoms with Crippen molar-refractivity contribution in [1.29, 1.82) is 10.5 Å². The van der Waals surface area contributed by atoms with E-state index in [1.807, 2.05) is 0 Å². The number of methoxy groups -OCH3 is 2. The summed E-state index contributed by atoms with van der Waals surface area (Å²) in [4.78, 5) is 11.2. The highest BCUT2D eigenvalue weighted by atomic mass is 35.5. The van der Waals surface area contributed by atoms with E-state index in [2.05, 4.69) is 27.1 Å². The summed E-state index contributed by atoms with van der Waals surface area (Å²) in [5.41, 5.74) is 4.48. The fourth-order valence-electron chi connectivity index (χ4n) is 4.61. The van der Waals surface area contributed by atoms with E-state index in [0.29, 0.717) is 86.7 Å². The molecule has 220 valence electrons. The van der Waals surface area contributed by atoms with Crippen LogP contribution in [-0.4, -0.2) is 39.1 Å². The number of fused-ring (bicyclic) bond motifs is 2. The van der Waals surface area contributed by atoms with Crippen LogP contribution in [0.1, 0.15) is 11.1 Å². The molecule has 0 fully saturated rings. The van der Waals surface area contributed by atoms with Gasteiger partial charge in [0.1, 0.15) is 34.4 Å². The highest BCUT2D eigenvalue weighted by molar-refractivity contribution is 6.38. The second kappa shape index (κ2) is 12.7. The number of hydrogen-bond acceptors (Lipinski definition) is 7. The number of pyridine rings is 2. The van der Waals surface area contributed by atoms with Crippen molar-refractivity contribution in [3.63, 3.8) is 0 Å². The van der Waals surface area contributed by atoms with Crippen molar-refractivity contribution >= 4 is 69.0 Å². The predicted molar refractivity (Wildman–Crippen MR) is 171 cm³/mol. The van der Waals surface area contributed by atoms with E-state index in [1.165, 1.54) is 26.6 Å². The van der Waals surface area contributed by atoms with Crippen LogP contribution in [0.5, 0.6) is 11.5 Å². The Morgan fingerprint density at radius 2 is 1.39 bits per heavy atom. The molecule has 6 rings (SSSR count). The van der Waals surface area contributed by atoms with E-state index in [4.69, 9.17) is 67.5 Å². The standard InChI is InChI=1S/C15H8Cl3N3O.C15H9Cl2N3O2/c1-22-12-2-8(10(16)4-11(12)17)9-3-13(18)21-15-14(9)7(5-19)6-20-15;1-22-13-4-10(11(16)5-12(13)17)9-2-3-20(21)15-14(9)8(6-18)7-19-15/h2-4,6H,1H3,(H,20,21);2-5,7,21H,1H3. The van der Waals surface area contributed by atoms with Crippen LogP contribution in [0.3, 0.4) is 0 Å². The maximum Gasteiger partial charge on any atom is 0.177 e. The molecule has 44 heavy (non-hydrogen) atoms. The Morgan fingerprint density at radius 1 is 0.795 bits per heavy atom. The first kappa shape index (κ1) is 31.1. The van der Waals surface area contributed by atoms with Gasteiger partial charge < -0.3 is 19.7 Å². The van der Waals surface area contributed by atoms with Crippen LogP contribution in [0.4, 0.5) is 0 Å². The maximum absolute atomic E-state index is 9.83. The van der Waals surface area contributed by atoms with Gasteiger partial charge in [0, 0.05) is 40.7 Å². The summed E-state index contributed by atoms with van der Waals surface area (Å²) in [7, 11) is 3.02. The van der Waals surface area contributed by atoms with Gasteiger partial charge >= 0.3 is 0 Å². The summed E-state index contributed by atoms with van der Waals surface area (Å²) in [6, 6.07) is 14.1. The fraction of sp³-hybridized carbons (Fsp3) is 0.0667.